The van der Waals surface area contributed by atoms with Gasteiger partial charge in [0.15, 0.2) is 0 Å². The molecule has 2 aromatic rings. The summed E-state index contributed by atoms with van der Waals surface area (Å²) in [5.74, 6) is -0.334. The highest BCUT2D eigenvalue weighted by Gasteiger charge is 2.04. The lowest BCUT2D eigenvalue weighted by molar-refractivity contribution is 0.0955. The van der Waals surface area contributed by atoms with Crippen LogP contribution in [0, 0.1) is 5.82 Å². The molecule has 0 aromatic heterocycles. The standard InChI is InChI=1S/C15H13FN2O3/c1-21-13-6-7-14(19)11(8-13)9-17-18-15(20)10-2-4-12(16)5-3-10/h2-9,19H,1H3,(H,18,20)/b17-9-. The van der Waals surface area contributed by atoms with E-state index >= 15 is 0 Å². The van der Waals surface area contributed by atoms with Gasteiger partial charge in [0.05, 0.1) is 13.3 Å². The highest BCUT2D eigenvalue weighted by Crippen LogP contribution is 2.20. The monoisotopic (exact) mass is 288 g/mol. The molecular weight excluding hydrogens is 275 g/mol. The first-order chi connectivity index (χ1) is 10.1. The third-order valence-electron chi connectivity index (χ3n) is 2.71. The summed E-state index contributed by atoms with van der Waals surface area (Å²) in [7, 11) is 1.50. The van der Waals surface area contributed by atoms with Gasteiger partial charge in [0.1, 0.15) is 17.3 Å². The van der Waals surface area contributed by atoms with Crippen molar-refractivity contribution in [1.82, 2.24) is 5.43 Å². The molecule has 2 N–H and O–H groups in total. The SMILES string of the molecule is COc1ccc(O)c(/C=N\NC(=O)c2ccc(F)cc2)c1. The lowest BCUT2D eigenvalue weighted by Crippen LogP contribution is -2.17. The number of nitrogens with one attached hydrogen (secondary N) is 1. The summed E-state index contributed by atoms with van der Waals surface area (Å²) >= 11 is 0. The average Bonchev–Trinajstić information content (AvgIpc) is 2.49. The van der Waals surface area contributed by atoms with Gasteiger partial charge in [-0.05, 0) is 42.5 Å². The molecule has 0 aliphatic heterocycles. The first kappa shape index (κ1) is 14.5. The van der Waals surface area contributed by atoms with E-state index < -0.39 is 11.7 Å². The van der Waals surface area contributed by atoms with Crippen LogP contribution in [0.2, 0.25) is 0 Å². The van der Waals surface area contributed by atoms with Crippen molar-refractivity contribution in [2.75, 3.05) is 7.11 Å². The predicted octanol–water partition coefficient (Wildman–Crippen LogP) is 2.30. The van der Waals surface area contributed by atoms with Crippen LogP contribution >= 0.6 is 0 Å². The van der Waals surface area contributed by atoms with Crippen LogP contribution in [0.4, 0.5) is 4.39 Å². The molecule has 2 aromatic carbocycles. The van der Waals surface area contributed by atoms with Gasteiger partial charge in [-0.15, -0.1) is 0 Å². The first-order valence-corrected chi connectivity index (χ1v) is 6.06. The molecule has 0 fully saturated rings. The van der Waals surface area contributed by atoms with Crippen LogP contribution in [0.15, 0.2) is 47.6 Å². The van der Waals surface area contributed by atoms with Crippen LogP contribution in [0.5, 0.6) is 11.5 Å². The van der Waals surface area contributed by atoms with Crippen LogP contribution in [0.3, 0.4) is 0 Å². The zero-order chi connectivity index (χ0) is 15.2. The number of hydrogen-bond acceptors (Lipinski definition) is 4. The maximum absolute atomic E-state index is 12.7. The molecule has 5 nitrogen and oxygen atoms in total. The summed E-state index contributed by atoms with van der Waals surface area (Å²) in [4.78, 5) is 11.7. The van der Waals surface area contributed by atoms with E-state index in [0.717, 1.165) is 0 Å². The molecule has 0 heterocycles. The van der Waals surface area contributed by atoms with Crippen molar-refractivity contribution < 1.29 is 19.0 Å². The Kier molecular flexibility index (Phi) is 4.50. The average molecular weight is 288 g/mol. The Morgan fingerprint density at radius 2 is 2.00 bits per heavy atom. The number of carbonyl (C=O) groups is 1. The van der Waals surface area contributed by atoms with E-state index in [1.165, 1.54) is 43.7 Å². The zero-order valence-electron chi connectivity index (χ0n) is 11.2. The van der Waals surface area contributed by atoms with E-state index in [4.69, 9.17) is 4.74 Å². The molecule has 2 rings (SSSR count). The Labute approximate surface area is 120 Å². The van der Waals surface area contributed by atoms with Crippen LogP contribution in [-0.4, -0.2) is 24.3 Å². The minimum absolute atomic E-state index is 0.00980. The Hall–Kier alpha value is -2.89. The van der Waals surface area contributed by atoms with Crippen molar-refractivity contribution in [2.45, 2.75) is 0 Å². The molecule has 0 radical (unpaired) electrons. The minimum atomic E-state index is -0.478. The van der Waals surface area contributed by atoms with Gasteiger partial charge in [-0.3, -0.25) is 4.79 Å². The van der Waals surface area contributed by atoms with Crippen molar-refractivity contribution in [2.24, 2.45) is 5.10 Å². The molecule has 0 saturated carbocycles. The van der Waals surface area contributed by atoms with Crippen molar-refractivity contribution in [3.8, 4) is 11.5 Å². The van der Waals surface area contributed by atoms with E-state index in [9.17, 15) is 14.3 Å². The topological polar surface area (TPSA) is 70.9 Å². The number of benzene rings is 2. The second-order valence-electron chi connectivity index (χ2n) is 4.13. The molecule has 108 valence electrons. The summed E-state index contributed by atoms with van der Waals surface area (Å²) in [5.41, 5.74) is 2.97. The number of rotatable bonds is 4. The number of methoxy groups -OCH3 is 1. The number of phenolic OH excluding ortho intramolecular Hbond substituents is 1. The Bertz CT molecular complexity index is 669. The molecule has 0 spiro atoms. The molecule has 0 saturated heterocycles. The number of ether oxygens (including phenoxy) is 1. The molecule has 0 aliphatic carbocycles. The Morgan fingerprint density at radius 3 is 2.67 bits per heavy atom. The van der Waals surface area contributed by atoms with Crippen molar-refractivity contribution >= 4 is 12.1 Å². The van der Waals surface area contributed by atoms with Gasteiger partial charge in [-0.1, -0.05) is 0 Å². The van der Waals surface area contributed by atoms with Crippen LogP contribution < -0.4 is 10.2 Å². The number of aromatic hydroxyl groups is 1. The van der Waals surface area contributed by atoms with Crippen molar-refractivity contribution in [3.63, 3.8) is 0 Å². The smallest absolute Gasteiger partial charge is 0.271 e. The number of amides is 1. The van der Waals surface area contributed by atoms with E-state index in [2.05, 4.69) is 10.5 Å². The quantitative estimate of drug-likeness (QED) is 0.670. The fourth-order valence-electron chi connectivity index (χ4n) is 1.59. The van der Waals surface area contributed by atoms with Crippen molar-refractivity contribution in [3.05, 3.63) is 59.4 Å². The third-order valence-corrected chi connectivity index (χ3v) is 2.71. The summed E-state index contributed by atoms with van der Waals surface area (Å²) in [6, 6.07) is 9.71. The van der Waals surface area contributed by atoms with Gasteiger partial charge in [0, 0.05) is 11.1 Å². The summed E-state index contributed by atoms with van der Waals surface area (Å²) in [6.45, 7) is 0. The Balaban J connectivity index is 2.05. The van der Waals surface area contributed by atoms with Crippen molar-refractivity contribution in [1.29, 1.82) is 0 Å². The van der Waals surface area contributed by atoms with Gasteiger partial charge < -0.3 is 9.84 Å². The number of halogens is 1. The number of nitrogens with zero attached hydrogens (tertiary/aromatic N) is 1. The van der Waals surface area contributed by atoms with Crippen LogP contribution in [-0.2, 0) is 0 Å². The highest BCUT2D eigenvalue weighted by atomic mass is 19.1. The number of phenols is 1. The third kappa shape index (κ3) is 3.79. The molecule has 0 atom stereocenters. The fraction of sp³-hybridized carbons (Fsp3) is 0.0667. The second-order valence-corrected chi connectivity index (χ2v) is 4.13. The Morgan fingerprint density at radius 1 is 1.29 bits per heavy atom. The van der Waals surface area contributed by atoms with Gasteiger partial charge in [-0.25, -0.2) is 9.82 Å². The maximum atomic E-state index is 12.7. The van der Waals surface area contributed by atoms with Crippen LogP contribution in [0.1, 0.15) is 15.9 Å². The fourth-order valence-corrected chi connectivity index (χ4v) is 1.59. The number of hydrazone groups is 1. The van der Waals surface area contributed by atoms with Gasteiger partial charge in [-0.2, -0.15) is 5.10 Å². The van der Waals surface area contributed by atoms with Gasteiger partial charge in [0.25, 0.3) is 5.91 Å². The lowest BCUT2D eigenvalue weighted by Gasteiger charge is -2.03. The lowest BCUT2D eigenvalue weighted by atomic mass is 10.2. The first-order valence-electron chi connectivity index (χ1n) is 6.06. The highest BCUT2D eigenvalue weighted by molar-refractivity contribution is 5.95. The van der Waals surface area contributed by atoms with Gasteiger partial charge >= 0.3 is 0 Å². The van der Waals surface area contributed by atoms with E-state index in [1.807, 2.05) is 0 Å². The largest absolute Gasteiger partial charge is 0.507 e. The second kappa shape index (κ2) is 6.51. The number of hydrogen-bond donors (Lipinski definition) is 2. The predicted molar refractivity (Wildman–Crippen MR) is 76.1 cm³/mol. The van der Waals surface area contributed by atoms with Gasteiger partial charge in [0.2, 0.25) is 0 Å². The molecule has 1 amide bonds. The van der Waals surface area contributed by atoms with E-state index in [-0.39, 0.29) is 11.3 Å². The summed E-state index contributed by atoms with van der Waals surface area (Å²) < 4.78 is 17.8. The molecule has 0 aliphatic rings. The molecule has 21 heavy (non-hydrogen) atoms. The van der Waals surface area contributed by atoms with E-state index in [0.29, 0.717) is 11.3 Å². The van der Waals surface area contributed by atoms with Crippen LogP contribution in [0.25, 0.3) is 0 Å². The summed E-state index contributed by atoms with van der Waals surface area (Å²) in [5, 5.41) is 13.4. The zero-order valence-corrected chi connectivity index (χ0v) is 11.2. The maximum Gasteiger partial charge on any atom is 0.271 e. The minimum Gasteiger partial charge on any atom is -0.507 e. The molecular formula is C15H13FN2O3. The summed E-state index contributed by atoms with van der Waals surface area (Å²) in [6.07, 6.45) is 1.29. The molecule has 0 bridgehead atoms. The molecule has 0 unspecified atom stereocenters. The number of carbonyl (C=O) groups excluding carboxylic acids is 1. The van der Waals surface area contributed by atoms with E-state index in [1.54, 1.807) is 12.1 Å². The normalized spacial score (nSPS) is 10.6. The molecule has 6 heteroatoms.